The van der Waals surface area contributed by atoms with Crippen molar-refractivity contribution in [3.05, 3.63) is 40.9 Å². The van der Waals surface area contributed by atoms with E-state index in [1.807, 2.05) is 29.2 Å². The Morgan fingerprint density at radius 1 is 1.25 bits per heavy atom. The number of nitrogens with one attached hydrogen (secondary N) is 1. The van der Waals surface area contributed by atoms with E-state index in [2.05, 4.69) is 22.3 Å². The van der Waals surface area contributed by atoms with Gasteiger partial charge in [0.1, 0.15) is 5.82 Å². The Hall–Kier alpha value is -1.63. The molecule has 1 amide bonds. The summed E-state index contributed by atoms with van der Waals surface area (Å²) in [6.45, 7) is 5.83. The Morgan fingerprint density at radius 2 is 2.00 bits per heavy atom. The molecule has 3 heterocycles. The van der Waals surface area contributed by atoms with Gasteiger partial charge in [-0.05, 0) is 49.8 Å². The summed E-state index contributed by atoms with van der Waals surface area (Å²) in [5, 5.41) is 8.61. The third-order valence-corrected chi connectivity index (χ3v) is 6.18. The first-order chi connectivity index (χ1) is 13.1. The number of para-hydroxylation sites is 1. The summed E-state index contributed by atoms with van der Waals surface area (Å²) in [4.78, 5) is 19.5. The number of carbonyl (C=O) groups is 1. The molecule has 1 N–H and O–H groups in total. The molecule has 28 heavy (non-hydrogen) atoms. The van der Waals surface area contributed by atoms with E-state index in [4.69, 9.17) is 11.6 Å². The lowest BCUT2D eigenvalue weighted by Gasteiger charge is -2.38. The molecule has 2 fully saturated rings. The topological polar surface area (TPSA) is 63.1 Å². The first-order valence-electron chi connectivity index (χ1n) is 9.83. The SMILES string of the molecule is CCCc1nc(C(=O)N2CCC3(CCNC3)CC2)nn1-c1ccccc1Cl.Cl. The molecule has 8 heteroatoms. The Kier molecular flexibility index (Phi) is 6.63. The monoisotopic (exact) mass is 423 g/mol. The smallest absolute Gasteiger partial charge is 0.293 e. The van der Waals surface area contributed by atoms with Gasteiger partial charge in [-0.3, -0.25) is 4.79 Å². The molecule has 2 aliphatic heterocycles. The van der Waals surface area contributed by atoms with Crippen molar-refractivity contribution >= 4 is 29.9 Å². The summed E-state index contributed by atoms with van der Waals surface area (Å²) < 4.78 is 1.73. The van der Waals surface area contributed by atoms with Gasteiger partial charge in [0.25, 0.3) is 5.91 Å². The van der Waals surface area contributed by atoms with Crippen LogP contribution in [0.2, 0.25) is 5.02 Å². The lowest BCUT2D eigenvalue weighted by atomic mass is 9.78. The lowest BCUT2D eigenvalue weighted by molar-refractivity contribution is 0.0596. The highest BCUT2D eigenvalue weighted by Crippen LogP contribution is 2.37. The van der Waals surface area contributed by atoms with Crippen LogP contribution < -0.4 is 5.32 Å². The number of hydrogen-bond donors (Lipinski definition) is 1. The Labute approximate surface area is 177 Å². The van der Waals surface area contributed by atoms with Gasteiger partial charge in [-0.2, -0.15) is 0 Å². The van der Waals surface area contributed by atoms with Gasteiger partial charge in [-0.25, -0.2) is 9.67 Å². The van der Waals surface area contributed by atoms with E-state index < -0.39 is 0 Å². The molecule has 6 nitrogen and oxygen atoms in total. The fourth-order valence-electron chi connectivity index (χ4n) is 4.18. The standard InChI is InChI=1S/C20H26ClN5O.ClH/c1-2-5-17-23-18(24-26(17)16-7-4-3-6-15(16)21)19(27)25-12-9-20(10-13-25)8-11-22-14-20;/h3-4,6-7,22H,2,5,8-14H2,1H3;1H. The average molecular weight is 424 g/mol. The van der Waals surface area contributed by atoms with Gasteiger partial charge >= 0.3 is 0 Å². The van der Waals surface area contributed by atoms with Crippen LogP contribution in [-0.4, -0.2) is 51.8 Å². The molecule has 4 rings (SSSR count). The second kappa shape index (κ2) is 8.80. The van der Waals surface area contributed by atoms with E-state index in [0.717, 1.165) is 63.4 Å². The summed E-state index contributed by atoms with van der Waals surface area (Å²) in [5.41, 5.74) is 1.15. The van der Waals surface area contributed by atoms with Gasteiger partial charge in [0, 0.05) is 26.1 Å². The number of rotatable bonds is 4. The number of hydrogen-bond acceptors (Lipinski definition) is 4. The number of amides is 1. The minimum Gasteiger partial charge on any atom is -0.336 e. The predicted molar refractivity (Wildman–Crippen MR) is 113 cm³/mol. The normalized spacial score (nSPS) is 18.3. The van der Waals surface area contributed by atoms with E-state index in [1.165, 1.54) is 6.42 Å². The van der Waals surface area contributed by atoms with Gasteiger partial charge in [0.2, 0.25) is 5.82 Å². The van der Waals surface area contributed by atoms with Crippen LogP contribution in [0.15, 0.2) is 24.3 Å². The molecular formula is C20H27Cl2N5O. The van der Waals surface area contributed by atoms with Crippen molar-refractivity contribution in [1.29, 1.82) is 0 Å². The van der Waals surface area contributed by atoms with Crippen molar-refractivity contribution in [2.75, 3.05) is 26.2 Å². The number of aryl methyl sites for hydroxylation is 1. The van der Waals surface area contributed by atoms with Gasteiger partial charge in [0.05, 0.1) is 10.7 Å². The number of likely N-dealkylation sites (tertiary alicyclic amines) is 1. The fourth-order valence-corrected chi connectivity index (χ4v) is 4.40. The van der Waals surface area contributed by atoms with E-state index in [9.17, 15) is 4.79 Å². The first-order valence-corrected chi connectivity index (χ1v) is 10.2. The quantitative estimate of drug-likeness (QED) is 0.816. The van der Waals surface area contributed by atoms with Crippen molar-refractivity contribution < 1.29 is 4.79 Å². The summed E-state index contributed by atoms with van der Waals surface area (Å²) in [5.74, 6) is 0.986. The summed E-state index contributed by atoms with van der Waals surface area (Å²) in [6, 6.07) is 7.53. The predicted octanol–water partition coefficient (Wildman–Crippen LogP) is 3.51. The maximum absolute atomic E-state index is 13.0. The molecular weight excluding hydrogens is 397 g/mol. The molecule has 0 saturated carbocycles. The highest BCUT2D eigenvalue weighted by molar-refractivity contribution is 6.32. The van der Waals surface area contributed by atoms with Crippen molar-refractivity contribution in [1.82, 2.24) is 25.0 Å². The molecule has 2 saturated heterocycles. The zero-order chi connectivity index (χ0) is 18.9. The lowest BCUT2D eigenvalue weighted by Crippen LogP contribution is -2.44. The van der Waals surface area contributed by atoms with Crippen LogP contribution in [0.1, 0.15) is 49.1 Å². The number of aromatic nitrogens is 3. The molecule has 1 aromatic heterocycles. The van der Waals surface area contributed by atoms with Gasteiger partial charge in [0.15, 0.2) is 0 Å². The first kappa shape index (κ1) is 21.1. The van der Waals surface area contributed by atoms with Gasteiger partial charge in [-0.15, -0.1) is 17.5 Å². The van der Waals surface area contributed by atoms with Gasteiger partial charge in [-0.1, -0.05) is 30.7 Å². The summed E-state index contributed by atoms with van der Waals surface area (Å²) in [6.07, 6.45) is 5.00. The molecule has 0 bridgehead atoms. The Morgan fingerprint density at radius 3 is 2.64 bits per heavy atom. The van der Waals surface area contributed by atoms with Crippen molar-refractivity contribution in [3.63, 3.8) is 0 Å². The van der Waals surface area contributed by atoms with Crippen LogP contribution in [0, 0.1) is 5.41 Å². The fraction of sp³-hybridized carbons (Fsp3) is 0.550. The van der Waals surface area contributed by atoms with E-state index in [0.29, 0.717) is 10.4 Å². The molecule has 2 aromatic rings. The Bertz CT molecular complexity index is 822. The molecule has 2 aliphatic rings. The van der Waals surface area contributed by atoms with Crippen LogP contribution >= 0.6 is 24.0 Å². The van der Waals surface area contributed by atoms with Crippen LogP contribution in [0.25, 0.3) is 5.69 Å². The average Bonchev–Trinajstić information content (AvgIpc) is 3.30. The van der Waals surface area contributed by atoms with E-state index in [-0.39, 0.29) is 24.1 Å². The van der Waals surface area contributed by atoms with Gasteiger partial charge < -0.3 is 10.2 Å². The summed E-state index contributed by atoms with van der Waals surface area (Å²) >= 11 is 6.35. The number of benzene rings is 1. The van der Waals surface area contributed by atoms with Crippen molar-refractivity contribution in [2.45, 2.75) is 39.0 Å². The molecule has 1 spiro atoms. The minimum atomic E-state index is -0.0704. The largest absolute Gasteiger partial charge is 0.336 e. The number of nitrogens with zero attached hydrogens (tertiary/aromatic N) is 4. The maximum Gasteiger partial charge on any atom is 0.293 e. The Balaban J connectivity index is 0.00000225. The second-order valence-corrected chi connectivity index (χ2v) is 8.09. The third kappa shape index (κ3) is 4.04. The van der Waals surface area contributed by atoms with Crippen LogP contribution in [0.4, 0.5) is 0 Å². The van der Waals surface area contributed by atoms with E-state index >= 15 is 0 Å². The highest BCUT2D eigenvalue weighted by Gasteiger charge is 2.38. The highest BCUT2D eigenvalue weighted by atomic mass is 35.5. The van der Waals surface area contributed by atoms with E-state index in [1.54, 1.807) is 4.68 Å². The third-order valence-electron chi connectivity index (χ3n) is 5.86. The molecule has 0 radical (unpaired) electrons. The van der Waals surface area contributed by atoms with Crippen LogP contribution in [-0.2, 0) is 6.42 Å². The van der Waals surface area contributed by atoms with Crippen molar-refractivity contribution in [2.24, 2.45) is 5.41 Å². The molecule has 152 valence electrons. The molecule has 0 unspecified atom stereocenters. The number of carbonyl (C=O) groups excluding carboxylic acids is 1. The van der Waals surface area contributed by atoms with Crippen molar-refractivity contribution in [3.8, 4) is 5.69 Å². The number of piperidine rings is 1. The molecule has 0 atom stereocenters. The van der Waals surface area contributed by atoms with Crippen LogP contribution in [0.5, 0.6) is 0 Å². The molecule has 0 aliphatic carbocycles. The zero-order valence-corrected chi connectivity index (χ0v) is 17.7. The molecule has 1 aromatic carbocycles. The van der Waals surface area contributed by atoms with Crippen LogP contribution in [0.3, 0.4) is 0 Å². The number of halogens is 2. The minimum absolute atomic E-state index is 0. The maximum atomic E-state index is 13.0. The summed E-state index contributed by atoms with van der Waals surface area (Å²) in [7, 11) is 0. The zero-order valence-electron chi connectivity index (χ0n) is 16.2. The second-order valence-electron chi connectivity index (χ2n) is 7.68.